The predicted molar refractivity (Wildman–Crippen MR) is 148 cm³/mol. The van der Waals surface area contributed by atoms with Crippen molar-refractivity contribution in [1.29, 1.82) is 0 Å². The van der Waals surface area contributed by atoms with E-state index in [4.69, 9.17) is 16.3 Å². The fourth-order valence-corrected chi connectivity index (χ4v) is 3.91. The molecule has 0 aromatic heterocycles. The molecule has 3 nitrogen and oxygen atoms in total. The van der Waals surface area contributed by atoms with E-state index >= 15 is 0 Å². The molecule has 176 valence electrons. The number of benzene rings is 4. The summed E-state index contributed by atoms with van der Waals surface area (Å²) < 4.78 is 6.09. The van der Waals surface area contributed by atoms with Gasteiger partial charge in [0.15, 0.2) is 0 Å². The third-order valence-corrected chi connectivity index (χ3v) is 6.00. The number of aliphatic hydroxyl groups is 1. The molecule has 35 heavy (non-hydrogen) atoms. The maximum atomic E-state index is 10.6. The molecule has 0 saturated carbocycles. The summed E-state index contributed by atoms with van der Waals surface area (Å²) in [6, 6.07) is 31.3. The highest BCUT2D eigenvalue weighted by Crippen LogP contribution is 2.33. The van der Waals surface area contributed by atoms with Crippen molar-refractivity contribution in [2.75, 3.05) is 11.9 Å². The highest BCUT2D eigenvalue weighted by Gasteiger charge is 2.11. The van der Waals surface area contributed by atoms with Gasteiger partial charge in [0.25, 0.3) is 0 Å². The van der Waals surface area contributed by atoms with Crippen LogP contribution in [0, 0.1) is 0 Å². The summed E-state index contributed by atoms with van der Waals surface area (Å²) >= 11 is 6.02. The molecule has 0 unspecified atom stereocenters. The van der Waals surface area contributed by atoms with E-state index in [0.717, 1.165) is 40.2 Å². The highest BCUT2D eigenvalue weighted by molar-refractivity contribution is 6.30. The van der Waals surface area contributed by atoms with Crippen molar-refractivity contribution in [3.63, 3.8) is 0 Å². The zero-order chi connectivity index (χ0) is 24.8. The first-order valence-corrected chi connectivity index (χ1v) is 11.9. The SMILES string of the molecule is C=C(c1ccc(N(C)c2ccc(Cl)cc2)cc1)c1cc(Oc2ccccc2)cc(/C(O)=C/CC)c1. The van der Waals surface area contributed by atoms with E-state index in [2.05, 4.69) is 35.7 Å². The highest BCUT2D eigenvalue weighted by atomic mass is 35.5. The van der Waals surface area contributed by atoms with Crippen molar-refractivity contribution in [2.24, 2.45) is 0 Å². The average molecular weight is 482 g/mol. The minimum atomic E-state index is 0.222. The summed E-state index contributed by atoms with van der Waals surface area (Å²) in [6.07, 6.45) is 2.52. The molecule has 0 aliphatic rings. The van der Waals surface area contributed by atoms with Crippen LogP contribution in [-0.2, 0) is 0 Å². The van der Waals surface area contributed by atoms with Crippen LogP contribution in [0.4, 0.5) is 11.4 Å². The first-order chi connectivity index (χ1) is 16.9. The van der Waals surface area contributed by atoms with E-state index in [1.807, 2.05) is 86.8 Å². The molecule has 0 amide bonds. The standard InChI is InChI=1S/C31H28ClNO2/c1-4-8-31(34)25-19-24(20-30(21-25)35-29-9-6-5-7-10-29)22(2)23-11-15-27(16-12-23)33(3)28-17-13-26(32)14-18-28/h5-21,34H,2,4H2,1,3H3/b31-8-. The Morgan fingerprint density at radius 1 is 0.829 bits per heavy atom. The number of anilines is 2. The van der Waals surface area contributed by atoms with Gasteiger partial charge in [-0.2, -0.15) is 0 Å². The van der Waals surface area contributed by atoms with E-state index < -0.39 is 0 Å². The molecule has 0 saturated heterocycles. The lowest BCUT2D eigenvalue weighted by atomic mass is 9.96. The van der Waals surface area contributed by atoms with E-state index in [1.54, 1.807) is 6.08 Å². The molecular formula is C31H28ClNO2. The first-order valence-electron chi connectivity index (χ1n) is 11.5. The van der Waals surface area contributed by atoms with Crippen LogP contribution >= 0.6 is 11.6 Å². The molecule has 0 aliphatic heterocycles. The number of para-hydroxylation sites is 1. The van der Waals surface area contributed by atoms with Crippen molar-refractivity contribution >= 4 is 34.3 Å². The van der Waals surface area contributed by atoms with Crippen LogP contribution in [0.25, 0.3) is 11.3 Å². The minimum Gasteiger partial charge on any atom is -0.508 e. The molecule has 4 heteroatoms. The van der Waals surface area contributed by atoms with Gasteiger partial charge in [-0.1, -0.05) is 55.4 Å². The Morgan fingerprint density at radius 2 is 1.43 bits per heavy atom. The van der Waals surface area contributed by atoms with Crippen molar-refractivity contribution in [2.45, 2.75) is 13.3 Å². The van der Waals surface area contributed by atoms with Crippen LogP contribution in [0.2, 0.25) is 5.02 Å². The predicted octanol–water partition coefficient (Wildman–Crippen LogP) is 9.27. The number of rotatable bonds is 8. The van der Waals surface area contributed by atoms with Gasteiger partial charge in [-0.3, -0.25) is 0 Å². The quantitative estimate of drug-likeness (QED) is 0.254. The summed E-state index contributed by atoms with van der Waals surface area (Å²) in [5, 5.41) is 11.3. The second-order valence-corrected chi connectivity index (χ2v) is 8.66. The fourth-order valence-electron chi connectivity index (χ4n) is 3.78. The van der Waals surface area contributed by atoms with Gasteiger partial charge in [-0.25, -0.2) is 0 Å². The Balaban J connectivity index is 1.63. The monoisotopic (exact) mass is 481 g/mol. The lowest BCUT2D eigenvalue weighted by molar-refractivity contribution is 0.479. The van der Waals surface area contributed by atoms with Crippen molar-refractivity contribution in [3.05, 3.63) is 131 Å². The van der Waals surface area contributed by atoms with Crippen LogP contribution in [0.5, 0.6) is 11.5 Å². The summed E-state index contributed by atoms with van der Waals surface area (Å²) in [5.41, 5.74) is 5.50. The fraction of sp³-hybridized carbons (Fsp3) is 0.0968. The molecule has 0 spiro atoms. The van der Waals surface area contributed by atoms with Gasteiger partial charge in [0, 0.05) is 29.0 Å². The number of halogens is 1. The van der Waals surface area contributed by atoms with Gasteiger partial charge in [-0.05, 0) is 95.9 Å². The Labute approximate surface area is 212 Å². The van der Waals surface area contributed by atoms with Crippen LogP contribution in [0.3, 0.4) is 0 Å². The van der Waals surface area contributed by atoms with Crippen LogP contribution in [0.1, 0.15) is 30.0 Å². The van der Waals surface area contributed by atoms with Gasteiger partial charge in [-0.15, -0.1) is 0 Å². The summed E-state index contributed by atoms with van der Waals surface area (Å²) in [4.78, 5) is 2.10. The molecule has 1 N–H and O–H groups in total. The van der Waals surface area contributed by atoms with Gasteiger partial charge in [0.05, 0.1) is 0 Å². The number of nitrogens with zero attached hydrogens (tertiary/aromatic N) is 1. The third-order valence-electron chi connectivity index (χ3n) is 5.74. The second-order valence-electron chi connectivity index (χ2n) is 8.22. The largest absolute Gasteiger partial charge is 0.508 e. The number of hydrogen-bond acceptors (Lipinski definition) is 3. The molecular weight excluding hydrogens is 454 g/mol. The first kappa shape index (κ1) is 24.2. The van der Waals surface area contributed by atoms with Crippen molar-refractivity contribution in [1.82, 2.24) is 0 Å². The minimum absolute atomic E-state index is 0.222. The second kappa shape index (κ2) is 11.0. The van der Waals surface area contributed by atoms with Crippen molar-refractivity contribution < 1.29 is 9.84 Å². The van der Waals surface area contributed by atoms with Crippen LogP contribution < -0.4 is 9.64 Å². The molecule has 0 fully saturated rings. The van der Waals surface area contributed by atoms with Crippen molar-refractivity contribution in [3.8, 4) is 11.5 Å². The molecule has 0 heterocycles. The maximum absolute atomic E-state index is 10.6. The molecule has 0 atom stereocenters. The number of ether oxygens (including phenoxy) is 1. The normalized spacial score (nSPS) is 11.2. The molecule has 4 rings (SSSR count). The van der Waals surface area contributed by atoms with E-state index in [1.165, 1.54) is 0 Å². The van der Waals surface area contributed by atoms with Gasteiger partial charge < -0.3 is 14.7 Å². The maximum Gasteiger partial charge on any atom is 0.128 e. The third kappa shape index (κ3) is 5.95. The molecule has 4 aromatic carbocycles. The summed E-state index contributed by atoms with van der Waals surface area (Å²) in [5.74, 6) is 1.59. The number of aliphatic hydroxyl groups excluding tert-OH is 1. The lowest BCUT2D eigenvalue weighted by Crippen LogP contribution is -2.09. The molecule has 0 aliphatic carbocycles. The zero-order valence-electron chi connectivity index (χ0n) is 19.9. The summed E-state index contributed by atoms with van der Waals surface area (Å²) in [6.45, 7) is 6.34. The van der Waals surface area contributed by atoms with Gasteiger partial charge in [0.1, 0.15) is 17.3 Å². The van der Waals surface area contributed by atoms with Crippen LogP contribution in [-0.4, -0.2) is 12.2 Å². The molecule has 0 bridgehead atoms. The number of hydrogen-bond donors (Lipinski definition) is 1. The molecule has 0 radical (unpaired) electrons. The Kier molecular flexibility index (Phi) is 7.59. The van der Waals surface area contributed by atoms with Gasteiger partial charge >= 0.3 is 0 Å². The summed E-state index contributed by atoms with van der Waals surface area (Å²) in [7, 11) is 2.02. The Hall–Kier alpha value is -3.95. The van der Waals surface area contributed by atoms with Gasteiger partial charge in [0.2, 0.25) is 0 Å². The smallest absolute Gasteiger partial charge is 0.128 e. The van der Waals surface area contributed by atoms with E-state index in [-0.39, 0.29) is 5.76 Å². The van der Waals surface area contributed by atoms with E-state index in [9.17, 15) is 5.11 Å². The van der Waals surface area contributed by atoms with E-state index in [0.29, 0.717) is 16.3 Å². The van der Waals surface area contributed by atoms with Crippen LogP contribution in [0.15, 0.2) is 110 Å². The lowest BCUT2D eigenvalue weighted by Gasteiger charge is -2.20. The topological polar surface area (TPSA) is 32.7 Å². The molecule has 4 aromatic rings. The Morgan fingerprint density at radius 3 is 2.06 bits per heavy atom. The average Bonchev–Trinajstić information content (AvgIpc) is 2.89. The Bertz CT molecular complexity index is 1330. The zero-order valence-corrected chi connectivity index (χ0v) is 20.7. The number of allylic oxidation sites excluding steroid dienone is 1.